The normalized spacial score (nSPS) is 22.9. The quantitative estimate of drug-likeness (QED) is 0.167. The van der Waals surface area contributed by atoms with Crippen molar-refractivity contribution in [2.24, 2.45) is 5.92 Å². The third kappa shape index (κ3) is 5.42. The van der Waals surface area contributed by atoms with Gasteiger partial charge in [-0.25, -0.2) is 0 Å². The Bertz CT molecular complexity index is 796. The molecule has 0 aromatic heterocycles. The van der Waals surface area contributed by atoms with Crippen LogP contribution in [0.1, 0.15) is 47.9 Å². The van der Waals surface area contributed by atoms with E-state index in [2.05, 4.69) is 91.2 Å². The molecule has 0 N–H and O–H groups in total. The van der Waals surface area contributed by atoms with Crippen LogP contribution in [0.4, 0.5) is 0 Å². The molecule has 0 saturated heterocycles. The largest absolute Gasteiger partial charge is 0.130 e. The average Bonchev–Trinajstić information content (AvgIpc) is 3.43. The molecule has 2 aliphatic carbocycles. The van der Waals surface area contributed by atoms with Gasteiger partial charge in [-0.05, 0) is 0 Å². The molecule has 1 heterocycles. The summed E-state index contributed by atoms with van der Waals surface area (Å²) < 4.78 is 1.64. The maximum absolute atomic E-state index is 4.64. The molecule has 0 amide bonds. The molecule has 0 fully saturated rings. The molecule has 1 aliphatic heterocycles. The fraction of sp³-hybridized carbons (Fsp3) is 0.417. The predicted octanol–water partition coefficient (Wildman–Crippen LogP) is 7.98. The molecule has 0 radical (unpaired) electrons. The Hall–Kier alpha value is 0.120. The number of benzene rings is 1. The van der Waals surface area contributed by atoms with Gasteiger partial charge in [0, 0.05) is 6.38 Å². The van der Waals surface area contributed by atoms with Crippen molar-refractivity contribution in [2.45, 2.75) is 39.8 Å². The van der Waals surface area contributed by atoms with Crippen molar-refractivity contribution in [2.75, 3.05) is 12.5 Å². The zero-order chi connectivity index (χ0) is 19.9. The van der Waals surface area contributed by atoms with Crippen LogP contribution in [0.15, 0.2) is 64.4 Å². The van der Waals surface area contributed by atoms with E-state index in [1.54, 1.807) is 16.5 Å². The molecule has 0 saturated carbocycles. The van der Waals surface area contributed by atoms with Gasteiger partial charge in [0.05, 0.1) is 0 Å². The molecule has 4 atom stereocenters. The summed E-state index contributed by atoms with van der Waals surface area (Å²) in [5, 5.41) is 4.20. The summed E-state index contributed by atoms with van der Waals surface area (Å²) >= 11 is 5.89. The van der Waals surface area contributed by atoms with Crippen LogP contribution in [-0.4, -0.2) is 15.6 Å². The van der Waals surface area contributed by atoms with E-state index in [1.807, 2.05) is 0 Å². The monoisotopic (exact) mass is 596 g/mol. The number of rotatable bonds is 8. The molecular weight excluding hydrogens is 565 g/mol. The van der Waals surface area contributed by atoms with E-state index in [1.165, 1.54) is 42.9 Å². The molecule has 0 nitrogen and oxygen atoms in total. The summed E-state index contributed by atoms with van der Waals surface area (Å²) in [5.41, 5.74) is 6.31. The number of hydrogen-bond donors (Lipinski definition) is 0. The minimum atomic E-state index is -0.865. The standard InChI is InChI=1S/C16H22P.C7H5S.CH3Cl.Hf/c1-3-4-7-13(2)12-17-16-10-14-8-5-6-9-15(14)11-16;1-2-6-4-8-5-7(6)3-1;1-2;/h5-6,8-11,13,17H,3-4,7,12H2,1-2H3;1-5H;1H3;. The third-order valence-electron chi connectivity index (χ3n) is 5.45. The van der Waals surface area contributed by atoms with Crippen molar-refractivity contribution in [3.8, 4) is 0 Å². The topological polar surface area (TPSA) is 0 Å². The molecule has 28 heavy (non-hydrogen) atoms. The summed E-state index contributed by atoms with van der Waals surface area (Å²) in [6.07, 6.45) is 16.5. The van der Waals surface area contributed by atoms with Gasteiger partial charge in [0.2, 0.25) is 0 Å². The van der Waals surface area contributed by atoms with Crippen molar-refractivity contribution in [1.82, 2.24) is 0 Å². The third-order valence-corrected chi connectivity index (χ3v) is 17.4. The van der Waals surface area contributed by atoms with E-state index in [0.29, 0.717) is 0 Å². The zero-order valence-corrected chi connectivity index (χ0v) is 23.2. The fourth-order valence-electron chi connectivity index (χ4n) is 3.89. The van der Waals surface area contributed by atoms with Crippen molar-refractivity contribution in [1.29, 1.82) is 0 Å². The second-order valence-corrected chi connectivity index (χ2v) is 16.7. The molecule has 4 rings (SSSR count). The van der Waals surface area contributed by atoms with Gasteiger partial charge in [0.1, 0.15) is 0 Å². The Kier molecular flexibility index (Phi) is 9.36. The summed E-state index contributed by atoms with van der Waals surface area (Å²) in [6.45, 7) is 4.77. The van der Waals surface area contributed by atoms with Gasteiger partial charge in [-0.1, -0.05) is 0 Å². The minimum Gasteiger partial charge on any atom is -0.130 e. The van der Waals surface area contributed by atoms with E-state index >= 15 is 0 Å². The molecule has 0 spiro atoms. The van der Waals surface area contributed by atoms with Crippen molar-refractivity contribution >= 4 is 38.0 Å². The summed E-state index contributed by atoms with van der Waals surface area (Å²) in [5.74, 6) is 0.878. The Morgan fingerprint density at radius 1 is 1.25 bits per heavy atom. The molecule has 0 bridgehead atoms. The van der Waals surface area contributed by atoms with Crippen LogP contribution in [-0.2, 0) is 22.9 Å². The Morgan fingerprint density at radius 3 is 2.89 bits per heavy atom. The summed E-state index contributed by atoms with van der Waals surface area (Å²) in [4.78, 5) is 0. The first kappa shape index (κ1) is 22.8. The molecule has 4 heteroatoms. The van der Waals surface area contributed by atoms with Crippen molar-refractivity contribution < 1.29 is 22.9 Å². The van der Waals surface area contributed by atoms with Crippen LogP contribution >= 0.6 is 31.9 Å². The number of hydrogen-bond acceptors (Lipinski definition) is 1. The Balaban J connectivity index is 0.00000109. The van der Waals surface area contributed by atoms with E-state index in [4.69, 9.17) is 0 Å². The predicted molar refractivity (Wildman–Crippen MR) is 127 cm³/mol. The molecule has 148 valence electrons. The number of alkyl halides is 1. The van der Waals surface area contributed by atoms with Crippen molar-refractivity contribution in [3.05, 3.63) is 75.5 Å². The van der Waals surface area contributed by atoms with E-state index in [-0.39, 0.29) is 0 Å². The number of allylic oxidation sites excluding steroid dienone is 5. The minimum absolute atomic E-state index is 0.814. The molecule has 1 aromatic carbocycles. The molecular formula is C24H30ClHfPS. The second-order valence-electron chi connectivity index (χ2n) is 7.53. The molecule has 1 aromatic rings. The number of fused-ring (bicyclic) bond motifs is 2. The van der Waals surface area contributed by atoms with Crippen LogP contribution < -0.4 is 0 Å². The Morgan fingerprint density at radius 2 is 2.07 bits per heavy atom. The first-order chi connectivity index (χ1) is 13.8. The smallest absolute Gasteiger partial charge is 0.0108 e. The van der Waals surface area contributed by atoms with E-state index < -0.39 is 22.9 Å². The van der Waals surface area contributed by atoms with Crippen LogP contribution in [0, 0.1) is 5.92 Å². The van der Waals surface area contributed by atoms with Crippen molar-refractivity contribution in [3.63, 3.8) is 0 Å². The Labute approximate surface area is 193 Å². The van der Waals surface area contributed by atoms with Gasteiger partial charge >= 0.3 is 177 Å². The molecule has 4 unspecified atom stereocenters. The first-order valence-corrected chi connectivity index (χ1v) is 17.2. The van der Waals surface area contributed by atoms with Crippen LogP contribution in [0.5, 0.6) is 0 Å². The van der Waals surface area contributed by atoms with Crippen LogP contribution in [0.3, 0.4) is 0 Å². The van der Waals surface area contributed by atoms with Gasteiger partial charge in [-0.2, -0.15) is 0 Å². The van der Waals surface area contributed by atoms with E-state index in [0.717, 1.165) is 21.2 Å². The zero-order valence-electron chi connectivity index (χ0n) is 17.0. The SMILES string of the molecule is CCCCC(C)CPC1=Cc2ccccc2[CH]1[Hf][CH]1SC=C2C=CC=C21.CCl. The number of unbranched alkanes of at least 4 members (excludes halogenated alkanes) is 1. The van der Waals surface area contributed by atoms with Crippen LogP contribution in [0.2, 0.25) is 0 Å². The second kappa shape index (κ2) is 11.5. The first-order valence-electron chi connectivity index (χ1n) is 10.2. The van der Waals surface area contributed by atoms with E-state index in [9.17, 15) is 0 Å². The maximum Gasteiger partial charge on any atom is 0.0108 e. The summed E-state index contributed by atoms with van der Waals surface area (Å²) in [7, 11) is 1.03. The molecule has 3 aliphatic rings. The van der Waals surface area contributed by atoms with Gasteiger partial charge in [-0.3, -0.25) is 0 Å². The van der Waals surface area contributed by atoms with Gasteiger partial charge in [0.15, 0.2) is 0 Å². The fourth-order valence-corrected chi connectivity index (χ4v) is 15.9. The van der Waals surface area contributed by atoms with Gasteiger partial charge < -0.3 is 0 Å². The number of halogens is 1. The van der Waals surface area contributed by atoms with Gasteiger partial charge in [0.25, 0.3) is 0 Å². The maximum atomic E-state index is 4.64. The van der Waals surface area contributed by atoms with Crippen LogP contribution in [0.25, 0.3) is 6.08 Å². The summed E-state index contributed by atoms with van der Waals surface area (Å²) in [6, 6.07) is 9.21. The number of thioether (sulfide) groups is 1. The average molecular weight is 595 g/mol. The van der Waals surface area contributed by atoms with Gasteiger partial charge in [-0.15, -0.1) is 11.6 Å².